The van der Waals surface area contributed by atoms with Crippen molar-refractivity contribution < 1.29 is 66.7 Å². The SMILES string of the molecule is C=CC(=O)OC12CC3CC(C1)OC(=O)C(C3)C2.CC(C(=O)OC12CC3CC(C1)OC(=O)C(C3)C2)C(C(=O)OC1(C)C2CC3CC(C2)CC1C3)C1CCCOC1C1C(=O)OC(=O)C1C1C2CCC(C2)C1C. The molecule has 18 unspecified atom stereocenters. The van der Waals surface area contributed by atoms with Gasteiger partial charge in [0.15, 0.2) is 0 Å². The molecule has 6 heterocycles. The molecule has 0 aromatic heterocycles. The molecule has 0 aromatic rings. The maximum absolute atomic E-state index is 15.1. The highest BCUT2D eigenvalue weighted by atomic mass is 16.6. The first-order valence-electron chi connectivity index (χ1n) is 27.6. The molecule has 16 aliphatic rings. The molecule has 0 N–H and O–H groups in total. The summed E-state index contributed by atoms with van der Waals surface area (Å²) >= 11 is 0. The first kappa shape index (κ1) is 47.2. The van der Waals surface area contributed by atoms with E-state index in [1.807, 2.05) is 0 Å². The van der Waals surface area contributed by atoms with Crippen LogP contribution in [0.25, 0.3) is 0 Å². The zero-order valence-electron chi connectivity index (χ0n) is 41.4. The molecule has 14 nitrogen and oxygen atoms in total. The highest BCUT2D eigenvalue weighted by Crippen LogP contribution is 2.62. The number of rotatable bonds is 10. The molecule has 6 saturated heterocycles. The van der Waals surface area contributed by atoms with Gasteiger partial charge in [-0.1, -0.05) is 20.4 Å². The average Bonchev–Trinajstić information content (AvgIpc) is 3.91. The first-order chi connectivity index (χ1) is 33.5. The fraction of sp³-hybridized carbons (Fsp3) is 0.839. The standard InChI is InChI=1S/C43H58O10.C13H16O4/c1-20-25-6-7-26(16-25)32(20)34-35(40(47)51-39(34)46)36-31(5-4-8-49-36)33(41(48)52-42(3)28-11-22-9-23(13-28)14-29(42)12-22)21(2)37(44)53-43-17-24-10-27(18-43)38(45)50-30(15-24)19-43;1-2-11(14)17-13-5-8-3-9(6-13)12(15)16-10(4-8)7-13/h20-36H,4-19H2,1-3H3;2,8-10H,1,3-7H2. The summed E-state index contributed by atoms with van der Waals surface area (Å²) in [6.45, 7) is 9.96. The Bertz CT molecular complexity index is 2170. The number of cyclic esters (lactones) is 2. The Balaban J connectivity index is 0.000000250. The van der Waals surface area contributed by atoms with E-state index in [1.54, 1.807) is 6.92 Å². The lowest BCUT2D eigenvalue weighted by Crippen LogP contribution is -2.59. The van der Waals surface area contributed by atoms with Crippen LogP contribution in [0.4, 0.5) is 0 Å². The maximum Gasteiger partial charge on any atom is 0.330 e. The first-order valence-corrected chi connectivity index (χ1v) is 27.6. The normalized spacial score (nSPS) is 49.4. The Labute approximate surface area is 411 Å². The van der Waals surface area contributed by atoms with Crippen LogP contribution < -0.4 is 0 Å². The van der Waals surface area contributed by atoms with Crippen LogP contribution >= 0.6 is 0 Å². The van der Waals surface area contributed by atoms with E-state index in [-0.39, 0.29) is 53.8 Å². The zero-order valence-corrected chi connectivity index (χ0v) is 41.4. The Kier molecular flexibility index (Phi) is 11.7. The van der Waals surface area contributed by atoms with Crippen LogP contribution in [-0.4, -0.2) is 83.5 Å². The third-order valence-electron chi connectivity index (χ3n) is 21.7. The summed E-state index contributed by atoms with van der Waals surface area (Å²) in [5.74, 6) is -2.81. The molecule has 16 fully saturated rings. The van der Waals surface area contributed by atoms with E-state index in [0.29, 0.717) is 98.9 Å². The van der Waals surface area contributed by atoms with Gasteiger partial charge in [0, 0.05) is 44.3 Å². The van der Waals surface area contributed by atoms with E-state index in [1.165, 1.54) is 12.5 Å². The average molecular weight is 971 g/mol. The van der Waals surface area contributed by atoms with Gasteiger partial charge in [-0.3, -0.25) is 28.8 Å². The van der Waals surface area contributed by atoms with Crippen LogP contribution in [-0.2, 0) is 66.7 Å². The Hall–Kier alpha value is -3.81. The second kappa shape index (κ2) is 17.4. The molecule has 18 atom stereocenters. The van der Waals surface area contributed by atoms with Crippen LogP contribution in [0.2, 0.25) is 0 Å². The minimum Gasteiger partial charge on any atom is -0.462 e. The molecule has 10 saturated carbocycles. The summed E-state index contributed by atoms with van der Waals surface area (Å²) in [6.07, 6.45) is 17.4. The summed E-state index contributed by atoms with van der Waals surface area (Å²) in [5, 5.41) is 0. The van der Waals surface area contributed by atoms with E-state index in [0.717, 1.165) is 77.0 Å². The number of hydrogen-bond donors (Lipinski definition) is 0. The molecular formula is C56H74O14. The maximum atomic E-state index is 15.1. The quantitative estimate of drug-likeness (QED) is 0.0894. The summed E-state index contributed by atoms with van der Waals surface area (Å²) in [5.41, 5.74) is -1.90. The molecule has 0 amide bonds. The number of carbonyl (C=O) groups is 7. The van der Waals surface area contributed by atoms with Crippen molar-refractivity contribution >= 4 is 41.8 Å². The molecule has 16 rings (SSSR count). The second-order valence-corrected chi connectivity index (χ2v) is 25.8. The van der Waals surface area contributed by atoms with E-state index in [9.17, 15) is 28.8 Å². The molecule has 6 aliphatic heterocycles. The van der Waals surface area contributed by atoms with Gasteiger partial charge >= 0.3 is 41.8 Å². The predicted octanol–water partition coefficient (Wildman–Crippen LogP) is 7.80. The van der Waals surface area contributed by atoms with E-state index >= 15 is 4.79 Å². The Morgan fingerprint density at radius 2 is 1.23 bits per heavy atom. The number of esters is 7. The van der Waals surface area contributed by atoms with Crippen molar-refractivity contribution in [2.75, 3.05) is 6.61 Å². The van der Waals surface area contributed by atoms with Gasteiger partial charge in [-0.25, -0.2) is 4.79 Å². The lowest BCUT2D eigenvalue weighted by molar-refractivity contribution is -0.217. The van der Waals surface area contributed by atoms with Gasteiger partial charge in [0.1, 0.15) is 29.0 Å². The highest BCUT2D eigenvalue weighted by molar-refractivity contribution is 5.97. The third kappa shape index (κ3) is 7.98. The van der Waals surface area contributed by atoms with Crippen LogP contribution in [0.5, 0.6) is 0 Å². The molecule has 14 heteroatoms. The minimum absolute atomic E-state index is 0.0357. The van der Waals surface area contributed by atoms with E-state index < -0.39 is 76.4 Å². The van der Waals surface area contributed by atoms with Gasteiger partial charge in [-0.2, -0.15) is 0 Å². The van der Waals surface area contributed by atoms with Gasteiger partial charge < -0.3 is 33.2 Å². The Morgan fingerprint density at radius 1 is 0.643 bits per heavy atom. The molecule has 14 bridgehead atoms. The van der Waals surface area contributed by atoms with Crippen molar-refractivity contribution in [3.63, 3.8) is 0 Å². The fourth-order valence-corrected chi connectivity index (χ4v) is 19.1. The third-order valence-corrected chi connectivity index (χ3v) is 21.7. The second-order valence-electron chi connectivity index (χ2n) is 25.8. The summed E-state index contributed by atoms with van der Waals surface area (Å²) in [4.78, 5) is 93.3. The number of fused-ring (bicyclic) bond motifs is 4. The highest BCUT2D eigenvalue weighted by Gasteiger charge is 2.64. The number of hydrogen-bond acceptors (Lipinski definition) is 14. The van der Waals surface area contributed by atoms with Gasteiger partial charge in [0.2, 0.25) is 0 Å². The smallest absolute Gasteiger partial charge is 0.330 e. The number of ether oxygens (including phenoxy) is 7. The van der Waals surface area contributed by atoms with E-state index in [4.69, 9.17) is 33.2 Å². The van der Waals surface area contributed by atoms with Crippen molar-refractivity contribution in [1.29, 1.82) is 0 Å². The molecular weight excluding hydrogens is 897 g/mol. The van der Waals surface area contributed by atoms with Crippen LogP contribution in [0.1, 0.15) is 149 Å². The van der Waals surface area contributed by atoms with Crippen molar-refractivity contribution in [3.8, 4) is 0 Å². The van der Waals surface area contributed by atoms with Gasteiger partial charge in [-0.05, 0) is 169 Å². The van der Waals surface area contributed by atoms with Crippen LogP contribution in [0.3, 0.4) is 0 Å². The van der Waals surface area contributed by atoms with Crippen molar-refractivity contribution in [3.05, 3.63) is 12.7 Å². The monoisotopic (exact) mass is 971 g/mol. The zero-order chi connectivity index (χ0) is 48.6. The van der Waals surface area contributed by atoms with E-state index in [2.05, 4.69) is 20.4 Å². The largest absolute Gasteiger partial charge is 0.462 e. The summed E-state index contributed by atoms with van der Waals surface area (Å²) in [7, 11) is 0. The minimum atomic E-state index is -0.933. The van der Waals surface area contributed by atoms with Crippen molar-refractivity contribution in [2.45, 2.75) is 184 Å². The van der Waals surface area contributed by atoms with Crippen LogP contribution in [0.15, 0.2) is 12.7 Å². The molecule has 0 radical (unpaired) electrons. The molecule has 70 heavy (non-hydrogen) atoms. The molecule has 382 valence electrons. The molecule has 0 aromatic carbocycles. The van der Waals surface area contributed by atoms with Gasteiger partial charge in [0.25, 0.3) is 0 Å². The van der Waals surface area contributed by atoms with Gasteiger partial charge in [-0.15, -0.1) is 0 Å². The van der Waals surface area contributed by atoms with Crippen molar-refractivity contribution in [1.82, 2.24) is 0 Å². The molecule has 10 aliphatic carbocycles. The van der Waals surface area contributed by atoms with Gasteiger partial charge in [0.05, 0.1) is 41.6 Å². The summed E-state index contributed by atoms with van der Waals surface area (Å²) in [6, 6.07) is 0. The predicted molar refractivity (Wildman–Crippen MR) is 246 cm³/mol. The van der Waals surface area contributed by atoms with Crippen molar-refractivity contribution in [2.24, 2.45) is 101 Å². The lowest BCUT2D eigenvalue weighted by atomic mass is 9.50. The Morgan fingerprint density at radius 3 is 1.81 bits per heavy atom. The lowest BCUT2D eigenvalue weighted by Gasteiger charge is -2.59. The number of carbonyl (C=O) groups excluding carboxylic acids is 7. The van der Waals surface area contributed by atoms with Crippen LogP contribution in [0, 0.1) is 101 Å². The molecule has 0 spiro atoms. The topological polar surface area (TPSA) is 184 Å². The fourth-order valence-electron chi connectivity index (χ4n) is 19.1. The summed E-state index contributed by atoms with van der Waals surface area (Å²) < 4.78 is 42.2.